The molecule has 0 saturated carbocycles. The molecule has 2 amide bonds. The molecule has 0 aromatic heterocycles. The van der Waals surface area contributed by atoms with Crippen LogP contribution in [0.3, 0.4) is 0 Å². The van der Waals surface area contributed by atoms with E-state index in [1.807, 2.05) is 0 Å². The summed E-state index contributed by atoms with van der Waals surface area (Å²) in [6.45, 7) is 1.39. The molecule has 11 heteroatoms. The smallest absolute Gasteiger partial charge is 0.265 e. The van der Waals surface area contributed by atoms with Gasteiger partial charge in [-0.05, 0) is 30.3 Å². The van der Waals surface area contributed by atoms with Gasteiger partial charge in [-0.1, -0.05) is 12.1 Å². The molecule has 0 radical (unpaired) electrons. The minimum atomic E-state index is -4.25. The molecule has 0 spiro atoms. The third-order valence-corrected chi connectivity index (χ3v) is 7.40. The van der Waals surface area contributed by atoms with Crippen LogP contribution in [0.15, 0.2) is 47.4 Å². The fourth-order valence-electron chi connectivity index (χ4n) is 3.83. The number of carbonyl (C=O) groups is 2. The SMILES string of the molecule is CC(=O)N1CC(C(=O)N2CCN(S(=O)(=O)c3cc(F)ccc3F)CC2)Oc2ccccc21. The van der Waals surface area contributed by atoms with Gasteiger partial charge in [-0.15, -0.1) is 0 Å². The van der Waals surface area contributed by atoms with Crippen molar-refractivity contribution in [2.45, 2.75) is 17.9 Å². The molecule has 1 unspecified atom stereocenters. The van der Waals surface area contributed by atoms with Gasteiger partial charge in [0, 0.05) is 33.1 Å². The van der Waals surface area contributed by atoms with E-state index >= 15 is 0 Å². The maximum absolute atomic E-state index is 14.0. The number of piperazine rings is 1. The Labute approximate surface area is 184 Å². The molecular weight excluding hydrogens is 444 g/mol. The molecule has 0 bridgehead atoms. The Balaban J connectivity index is 1.46. The van der Waals surface area contributed by atoms with Crippen LogP contribution in [-0.4, -0.2) is 68.3 Å². The minimum Gasteiger partial charge on any atom is -0.476 e. The lowest BCUT2D eigenvalue weighted by molar-refractivity contribution is -0.140. The van der Waals surface area contributed by atoms with Crippen LogP contribution in [0.1, 0.15) is 6.92 Å². The zero-order valence-electron chi connectivity index (χ0n) is 17.2. The summed E-state index contributed by atoms with van der Waals surface area (Å²) >= 11 is 0. The van der Waals surface area contributed by atoms with E-state index in [4.69, 9.17) is 4.74 Å². The van der Waals surface area contributed by atoms with Gasteiger partial charge in [0.25, 0.3) is 5.91 Å². The van der Waals surface area contributed by atoms with Crippen LogP contribution < -0.4 is 9.64 Å². The molecule has 1 atom stereocenters. The Hall–Kier alpha value is -3.05. The minimum absolute atomic E-state index is 0.0399. The summed E-state index contributed by atoms with van der Waals surface area (Å²) in [5.74, 6) is -2.09. The largest absolute Gasteiger partial charge is 0.476 e. The van der Waals surface area contributed by atoms with Gasteiger partial charge in [0.05, 0.1) is 12.2 Å². The Morgan fingerprint density at radius 2 is 1.72 bits per heavy atom. The van der Waals surface area contributed by atoms with Crippen molar-refractivity contribution in [2.24, 2.45) is 0 Å². The number of hydrogen-bond acceptors (Lipinski definition) is 5. The van der Waals surface area contributed by atoms with Crippen molar-refractivity contribution in [3.8, 4) is 5.75 Å². The molecule has 0 N–H and O–H groups in total. The molecule has 2 aromatic rings. The van der Waals surface area contributed by atoms with E-state index in [1.54, 1.807) is 24.3 Å². The summed E-state index contributed by atoms with van der Waals surface area (Å²) in [5.41, 5.74) is 0.581. The monoisotopic (exact) mass is 465 g/mol. The number of ether oxygens (including phenoxy) is 1. The van der Waals surface area contributed by atoms with Crippen molar-refractivity contribution in [1.29, 1.82) is 0 Å². The van der Waals surface area contributed by atoms with Crippen molar-refractivity contribution < 1.29 is 31.5 Å². The Morgan fingerprint density at radius 1 is 1.03 bits per heavy atom. The van der Waals surface area contributed by atoms with Crippen molar-refractivity contribution in [2.75, 3.05) is 37.6 Å². The van der Waals surface area contributed by atoms with Gasteiger partial charge >= 0.3 is 0 Å². The van der Waals surface area contributed by atoms with Gasteiger partial charge < -0.3 is 14.5 Å². The van der Waals surface area contributed by atoms with Crippen LogP contribution in [0.2, 0.25) is 0 Å². The molecule has 2 aromatic carbocycles. The zero-order valence-corrected chi connectivity index (χ0v) is 18.0. The molecule has 8 nitrogen and oxygen atoms in total. The summed E-state index contributed by atoms with van der Waals surface area (Å²) in [5, 5.41) is 0. The second-order valence-corrected chi connectivity index (χ2v) is 9.41. The second-order valence-electron chi connectivity index (χ2n) is 7.51. The number of rotatable bonds is 3. The second kappa shape index (κ2) is 8.47. The Kier molecular flexibility index (Phi) is 5.87. The molecule has 1 saturated heterocycles. The number of amides is 2. The molecule has 2 aliphatic heterocycles. The van der Waals surface area contributed by atoms with E-state index < -0.39 is 32.7 Å². The number of nitrogens with zero attached hydrogens (tertiary/aromatic N) is 3. The van der Waals surface area contributed by atoms with E-state index in [1.165, 1.54) is 16.7 Å². The zero-order chi connectivity index (χ0) is 23.0. The van der Waals surface area contributed by atoms with Gasteiger partial charge in [0.2, 0.25) is 15.9 Å². The van der Waals surface area contributed by atoms with Crippen LogP contribution in [0.25, 0.3) is 0 Å². The number of para-hydroxylation sites is 2. The normalized spacial score (nSPS) is 19.3. The summed E-state index contributed by atoms with van der Waals surface area (Å²) in [4.78, 5) is 27.3. The Bertz CT molecular complexity index is 1170. The fraction of sp³-hybridized carbons (Fsp3) is 0.333. The Morgan fingerprint density at radius 3 is 2.41 bits per heavy atom. The summed E-state index contributed by atoms with van der Waals surface area (Å²) in [6.07, 6.45) is -0.933. The number of hydrogen-bond donors (Lipinski definition) is 0. The first-order valence-corrected chi connectivity index (χ1v) is 11.4. The van der Waals surface area contributed by atoms with Crippen molar-refractivity contribution in [1.82, 2.24) is 9.21 Å². The maximum atomic E-state index is 14.0. The van der Waals surface area contributed by atoms with E-state index in [2.05, 4.69) is 0 Å². The van der Waals surface area contributed by atoms with Gasteiger partial charge in [0.15, 0.2) is 6.10 Å². The van der Waals surface area contributed by atoms with E-state index in [0.29, 0.717) is 17.5 Å². The highest BCUT2D eigenvalue weighted by Gasteiger charge is 2.38. The molecule has 1 fully saturated rings. The standard InChI is InChI=1S/C21H21F2N3O5S/c1-14(27)26-13-19(31-18-5-3-2-4-17(18)26)21(28)24-8-10-25(11-9-24)32(29,30)20-12-15(22)6-7-16(20)23/h2-7,12,19H,8-11,13H2,1H3. The van der Waals surface area contributed by atoms with E-state index in [-0.39, 0.29) is 44.5 Å². The average molecular weight is 465 g/mol. The first-order chi connectivity index (χ1) is 15.2. The van der Waals surface area contributed by atoms with Gasteiger partial charge in [-0.25, -0.2) is 17.2 Å². The number of sulfonamides is 1. The molecule has 170 valence electrons. The van der Waals surface area contributed by atoms with Gasteiger partial charge in [-0.2, -0.15) is 4.31 Å². The fourth-order valence-corrected chi connectivity index (χ4v) is 5.33. The number of fused-ring (bicyclic) bond motifs is 1. The van der Waals surface area contributed by atoms with Gasteiger partial charge in [0.1, 0.15) is 22.3 Å². The molecule has 2 heterocycles. The summed E-state index contributed by atoms with van der Waals surface area (Å²) in [6, 6.07) is 9.15. The average Bonchev–Trinajstić information content (AvgIpc) is 2.79. The molecule has 32 heavy (non-hydrogen) atoms. The molecule has 2 aliphatic rings. The molecular formula is C21H21F2N3O5S. The van der Waals surface area contributed by atoms with Gasteiger partial charge in [-0.3, -0.25) is 9.59 Å². The van der Waals surface area contributed by atoms with Crippen molar-refractivity contribution in [3.63, 3.8) is 0 Å². The molecule has 0 aliphatic carbocycles. The lowest BCUT2D eigenvalue weighted by atomic mass is 10.1. The highest BCUT2D eigenvalue weighted by atomic mass is 32.2. The summed E-state index contributed by atoms with van der Waals surface area (Å²) in [7, 11) is -4.25. The molecule has 4 rings (SSSR count). The predicted octanol–water partition coefficient (Wildman–Crippen LogP) is 1.61. The van der Waals surface area contributed by atoms with Crippen LogP contribution in [0.5, 0.6) is 5.75 Å². The highest BCUT2D eigenvalue weighted by molar-refractivity contribution is 7.89. The maximum Gasteiger partial charge on any atom is 0.265 e. The van der Waals surface area contributed by atoms with E-state index in [9.17, 15) is 26.8 Å². The number of halogens is 2. The van der Waals surface area contributed by atoms with E-state index in [0.717, 1.165) is 16.4 Å². The lowest BCUT2D eigenvalue weighted by Crippen LogP contribution is -2.56. The third kappa shape index (κ3) is 4.05. The predicted molar refractivity (Wildman–Crippen MR) is 111 cm³/mol. The van der Waals surface area contributed by atoms with Crippen molar-refractivity contribution in [3.05, 3.63) is 54.1 Å². The van der Waals surface area contributed by atoms with Crippen molar-refractivity contribution >= 4 is 27.5 Å². The number of benzene rings is 2. The number of carbonyl (C=O) groups excluding carboxylic acids is 2. The first-order valence-electron chi connectivity index (χ1n) is 9.96. The summed E-state index contributed by atoms with van der Waals surface area (Å²) < 4.78 is 59.8. The third-order valence-electron chi connectivity index (χ3n) is 5.49. The van der Waals surface area contributed by atoms with Crippen LogP contribution in [-0.2, 0) is 19.6 Å². The topological polar surface area (TPSA) is 87.2 Å². The lowest BCUT2D eigenvalue weighted by Gasteiger charge is -2.38. The van der Waals surface area contributed by atoms with Crippen LogP contribution in [0, 0.1) is 11.6 Å². The first kappa shape index (κ1) is 22.2. The number of anilines is 1. The highest BCUT2D eigenvalue weighted by Crippen LogP contribution is 2.33. The van der Waals surface area contributed by atoms with Crippen LogP contribution >= 0.6 is 0 Å². The quantitative estimate of drug-likeness (QED) is 0.688. The van der Waals surface area contributed by atoms with Crippen LogP contribution in [0.4, 0.5) is 14.5 Å².